The lowest BCUT2D eigenvalue weighted by atomic mass is 10.3. The second kappa shape index (κ2) is 10.9. The van der Waals surface area contributed by atoms with Crippen LogP contribution in [0, 0.1) is 0 Å². The first-order valence-electron chi connectivity index (χ1n) is 9.33. The molecule has 0 aliphatic carbocycles. The van der Waals surface area contributed by atoms with Gasteiger partial charge in [-0.05, 0) is 47.8 Å². The smallest absolute Gasteiger partial charge is 0.344 e. The van der Waals surface area contributed by atoms with Gasteiger partial charge in [0.2, 0.25) is 0 Å². The summed E-state index contributed by atoms with van der Waals surface area (Å²) >= 11 is 13.0. The zero-order valence-electron chi connectivity index (χ0n) is 17.2. The Bertz CT molecular complexity index is 1230. The number of carbonyl (C=O) groups excluding carboxylic acids is 2. The molecule has 1 aromatic heterocycles. The highest BCUT2D eigenvalue weighted by Gasteiger charge is 2.22. The molecule has 0 radical (unpaired) electrons. The molecule has 1 amide bonds. The van der Waals surface area contributed by atoms with Gasteiger partial charge in [0.1, 0.15) is 9.96 Å². The number of thiophene rings is 1. The standard InChI is InChI=1S/C21H18Cl2N2O6S2/c1-25(33(28,29)20-6-3-11-32-20)14-7-9-15(10-8-14)30-13-19(27)31-12-18(26)24-17-5-2-4-16(22)21(17)23/h2-11H,12-13H2,1H3,(H,24,26). The topological polar surface area (TPSA) is 102 Å². The lowest BCUT2D eigenvalue weighted by Gasteiger charge is -2.18. The van der Waals surface area contributed by atoms with Crippen molar-refractivity contribution in [3.8, 4) is 5.75 Å². The Hall–Kier alpha value is -2.79. The number of nitrogens with one attached hydrogen (secondary N) is 1. The maximum Gasteiger partial charge on any atom is 0.344 e. The second-order valence-electron chi connectivity index (χ2n) is 6.50. The Morgan fingerprint density at radius 1 is 1.03 bits per heavy atom. The number of hydrogen-bond acceptors (Lipinski definition) is 7. The van der Waals surface area contributed by atoms with Crippen molar-refractivity contribution in [2.24, 2.45) is 0 Å². The molecule has 0 bridgehead atoms. The van der Waals surface area contributed by atoms with E-state index in [0.29, 0.717) is 17.1 Å². The number of rotatable bonds is 9. The minimum Gasteiger partial charge on any atom is -0.482 e. The number of anilines is 2. The van der Waals surface area contributed by atoms with E-state index < -0.39 is 35.1 Å². The maximum atomic E-state index is 12.6. The van der Waals surface area contributed by atoms with Gasteiger partial charge in [0.15, 0.2) is 13.2 Å². The van der Waals surface area contributed by atoms with Crippen molar-refractivity contribution in [3.05, 3.63) is 70.0 Å². The minimum absolute atomic E-state index is 0.180. The molecular weight excluding hydrogens is 511 g/mol. The van der Waals surface area contributed by atoms with Crippen LogP contribution < -0.4 is 14.4 Å². The molecular formula is C21H18Cl2N2O6S2. The molecule has 33 heavy (non-hydrogen) atoms. The summed E-state index contributed by atoms with van der Waals surface area (Å²) in [6.45, 7) is -0.969. The molecule has 0 atom stereocenters. The van der Waals surface area contributed by atoms with Gasteiger partial charge in [-0.25, -0.2) is 13.2 Å². The fourth-order valence-electron chi connectivity index (χ4n) is 2.55. The maximum absolute atomic E-state index is 12.6. The van der Waals surface area contributed by atoms with Crippen LogP contribution in [0.15, 0.2) is 64.2 Å². The molecule has 0 saturated heterocycles. The van der Waals surface area contributed by atoms with Crippen LogP contribution in [0.1, 0.15) is 0 Å². The van der Waals surface area contributed by atoms with Crippen molar-refractivity contribution in [3.63, 3.8) is 0 Å². The molecule has 1 N–H and O–H groups in total. The summed E-state index contributed by atoms with van der Waals surface area (Å²) in [5.41, 5.74) is 0.724. The van der Waals surface area contributed by atoms with E-state index in [4.69, 9.17) is 32.7 Å². The molecule has 0 fully saturated rings. The van der Waals surface area contributed by atoms with Gasteiger partial charge in [-0.15, -0.1) is 11.3 Å². The molecule has 3 aromatic rings. The van der Waals surface area contributed by atoms with Crippen molar-refractivity contribution in [2.75, 3.05) is 29.9 Å². The predicted octanol–water partition coefficient (Wildman–Crippen LogP) is 4.44. The average Bonchev–Trinajstić information content (AvgIpc) is 3.35. The highest BCUT2D eigenvalue weighted by atomic mass is 35.5. The number of esters is 1. The lowest BCUT2D eigenvalue weighted by Crippen LogP contribution is -2.25. The quantitative estimate of drug-likeness (QED) is 0.412. The molecule has 0 saturated carbocycles. The van der Waals surface area contributed by atoms with Crippen molar-refractivity contribution in [2.45, 2.75) is 4.21 Å². The monoisotopic (exact) mass is 528 g/mol. The van der Waals surface area contributed by atoms with E-state index in [1.165, 1.54) is 25.2 Å². The zero-order chi connectivity index (χ0) is 24.0. The van der Waals surface area contributed by atoms with Crippen LogP contribution in [-0.2, 0) is 24.3 Å². The fourth-order valence-corrected chi connectivity index (χ4v) is 5.26. The first kappa shape index (κ1) is 24.8. The molecule has 2 aromatic carbocycles. The van der Waals surface area contributed by atoms with Gasteiger partial charge < -0.3 is 14.8 Å². The number of amides is 1. The van der Waals surface area contributed by atoms with Gasteiger partial charge in [0.05, 0.1) is 21.4 Å². The summed E-state index contributed by atoms with van der Waals surface area (Å²) in [5, 5.41) is 4.64. The van der Waals surface area contributed by atoms with Crippen molar-refractivity contribution in [1.29, 1.82) is 0 Å². The Kier molecular flexibility index (Phi) is 8.20. The summed E-state index contributed by atoms with van der Waals surface area (Å²) in [7, 11) is -2.20. The second-order valence-corrected chi connectivity index (χ2v) is 10.4. The van der Waals surface area contributed by atoms with Crippen LogP contribution in [0.3, 0.4) is 0 Å². The van der Waals surface area contributed by atoms with Gasteiger partial charge in [-0.2, -0.15) is 0 Å². The summed E-state index contributed by atoms with van der Waals surface area (Å²) in [6.07, 6.45) is 0. The molecule has 0 aliphatic heterocycles. The Labute approximate surface area is 204 Å². The summed E-state index contributed by atoms with van der Waals surface area (Å²) < 4.78 is 36.7. The molecule has 174 valence electrons. The van der Waals surface area contributed by atoms with Crippen LogP contribution in [0.2, 0.25) is 10.0 Å². The van der Waals surface area contributed by atoms with E-state index in [-0.39, 0.29) is 14.3 Å². The number of sulfonamides is 1. The number of nitrogens with zero attached hydrogens (tertiary/aromatic N) is 1. The number of benzene rings is 2. The fraction of sp³-hybridized carbons (Fsp3) is 0.143. The van der Waals surface area contributed by atoms with Crippen molar-refractivity contribution >= 4 is 67.8 Å². The van der Waals surface area contributed by atoms with Crippen LogP contribution >= 0.6 is 34.5 Å². The Morgan fingerprint density at radius 3 is 2.42 bits per heavy atom. The third-order valence-electron chi connectivity index (χ3n) is 4.26. The van der Waals surface area contributed by atoms with E-state index in [0.717, 1.165) is 15.6 Å². The van der Waals surface area contributed by atoms with Crippen LogP contribution in [0.5, 0.6) is 5.75 Å². The first-order chi connectivity index (χ1) is 15.7. The number of halogens is 2. The van der Waals surface area contributed by atoms with E-state index in [1.807, 2.05) is 0 Å². The molecule has 12 heteroatoms. The Morgan fingerprint density at radius 2 is 1.76 bits per heavy atom. The van der Waals surface area contributed by atoms with Gasteiger partial charge in [-0.1, -0.05) is 35.3 Å². The highest BCUT2D eigenvalue weighted by molar-refractivity contribution is 7.94. The van der Waals surface area contributed by atoms with Crippen LogP contribution in [0.25, 0.3) is 0 Å². The lowest BCUT2D eigenvalue weighted by molar-refractivity contribution is -0.149. The highest BCUT2D eigenvalue weighted by Crippen LogP contribution is 2.29. The summed E-state index contributed by atoms with van der Waals surface area (Å²) in [5.74, 6) is -1.02. The largest absolute Gasteiger partial charge is 0.482 e. The third kappa shape index (κ3) is 6.38. The van der Waals surface area contributed by atoms with Crippen molar-refractivity contribution in [1.82, 2.24) is 0 Å². The van der Waals surface area contributed by atoms with Gasteiger partial charge in [0.25, 0.3) is 15.9 Å². The van der Waals surface area contributed by atoms with E-state index in [2.05, 4.69) is 5.32 Å². The van der Waals surface area contributed by atoms with E-state index in [9.17, 15) is 18.0 Å². The van der Waals surface area contributed by atoms with Crippen LogP contribution in [-0.4, -0.2) is 40.6 Å². The van der Waals surface area contributed by atoms with Crippen molar-refractivity contribution < 1.29 is 27.5 Å². The number of carbonyl (C=O) groups is 2. The van der Waals surface area contributed by atoms with Gasteiger partial charge in [0, 0.05) is 7.05 Å². The average molecular weight is 529 g/mol. The molecule has 0 spiro atoms. The van der Waals surface area contributed by atoms with Gasteiger partial charge >= 0.3 is 5.97 Å². The van der Waals surface area contributed by atoms with E-state index >= 15 is 0 Å². The molecule has 0 aliphatic rings. The number of hydrogen-bond donors (Lipinski definition) is 1. The summed E-state index contributed by atoms with van der Waals surface area (Å²) in [4.78, 5) is 23.8. The Balaban J connectivity index is 1.47. The molecule has 3 rings (SSSR count). The van der Waals surface area contributed by atoms with Crippen LogP contribution in [0.4, 0.5) is 11.4 Å². The first-order valence-corrected chi connectivity index (χ1v) is 12.4. The SMILES string of the molecule is CN(c1ccc(OCC(=O)OCC(=O)Nc2cccc(Cl)c2Cl)cc1)S(=O)(=O)c1cccs1. The molecule has 1 heterocycles. The predicted molar refractivity (Wildman–Crippen MR) is 128 cm³/mol. The third-order valence-corrected chi connectivity index (χ3v) is 8.23. The molecule has 8 nitrogen and oxygen atoms in total. The molecule has 0 unspecified atom stereocenters. The minimum atomic E-state index is -3.65. The normalized spacial score (nSPS) is 11.0. The van der Waals surface area contributed by atoms with E-state index in [1.54, 1.807) is 41.8 Å². The van der Waals surface area contributed by atoms with Gasteiger partial charge in [-0.3, -0.25) is 9.10 Å². The number of ether oxygens (including phenoxy) is 2. The summed E-state index contributed by atoms with van der Waals surface area (Å²) in [6, 6.07) is 14.1. The zero-order valence-corrected chi connectivity index (χ0v) is 20.3.